The first-order valence-corrected chi connectivity index (χ1v) is 5.37. The van der Waals surface area contributed by atoms with Gasteiger partial charge in [-0.15, -0.1) is 17.8 Å². The molecule has 0 radical (unpaired) electrons. The van der Waals surface area contributed by atoms with E-state index in [-0.39, 0.29) is 11.5 Å². The fourth-order valence-corrected chi connectivity index (χ4v) is 2.19. The minimum Gasteiger partial charge on any atom is -0.322 e. The second-order valence-corrected chi connectivity index (χ2v) is 5.68. The largest absolute Gasteiger partial charge is 0.322 e. The fraction of sp³-hybridized carbons (Fsp3) is 0.545. The molecule has 0 amide bonds. The molecule has 1 rings (SSSR count). The Morgan fingerprint density at radius 2 is 2.07 bits per heavy atom. The Bertz CT molecular complexity index is 366. The van der Waals surface area contributed by atoms with Gasteiger partial charge in [-0.25, -0.2) is 4.98 Å². The third-order valence-electron chi connectivity index (χ3n) is 2.15. The lowest BCUT2D eigenvalue weighted by Gasteiger charge is -2.24. The first kappa shape index (κ1) is 11.2. The van der Waals surface area contributed by atoms with Crippen LogP contribution in [0.1, 0.15) is 42.4 Å². The number of terminal acetylenes is 1. The molecule has 0 spiro atoms. The van der Waals surface area contributed by atoms with Gasteiger partial charge in [-0.05, 0) is 18.3 Å². The van der Waals surface area contributed by atoms with Crippen LogP contribution in [0.3, 0.4) is 0 Å². The Hall–Kier alpha value is -0.850. The normalized spacial score (nSPS) is 13.7. The molecule has 2 N–H and O–H groups in total. The molecule has 1 heterocycles. The van der Waals surface area contributed by atoms with Gasteiger partial charge >= 0.3 is 0 Å². The maximum absolute atomic E-state index is 6.09. The van der Waals surface area contributed by atoms with Crippen LogP contribution in [0.15, 0.2) is 0 Å². The molecule has 0 aliphatic carbocycles. The average molecular weight is 208 g/mol. The quantitative estimate of drug-likeness (QED) is 0.720. The van der Waals surface area contributed by atoms with Crippen molar-refractivity contribution in [1.29, 1.82) is 0 Å². The van der Waals surface area contributed by atoms with Crippen LogP contribution < -0.4 is 5.73 Å². The van der Waals surface area contributed by atoms with Crippen molar-refractivity contribution >= 4 is 11.3 Å². The van der Waals surface area contributed by atoms with E-state index >= 15 is 0 Å². The average Bonchev–Trinajstić information content (AvgIpc) is 2.43. The van der Waals surface area contributed by atoms with Gasteiger partial charge in [0.1, 0.15) is 10.7 Å². The van der Waals surface area contributed by atoms with Crippen molar-refractivity contribution < 1.29 is 0 Å². The van der Waals surface area contributed by atoms with Crippen LogP contribution in [0.25, 0.3) is 0 Å². The first-order chi connectivity index (χ1) is 6.36. The molecule has 0 aliphatic rings. The zero-order chi connectivity index (χ0) is 10.9. The highest BCUT2D eigenvalue weighted by atomic mass is 32.1. The van der Waals surface area contributed by atoms with Gasteiger partial charge in [0.15, 0.2) is 0 Å². The highest BCUT2D eigenvalue weighted by molar-refractivity contribution is 7.11. The fourth-order valence-electron chi connectivity index (χ4n) is 1.05. The minimum absolute atomic E-state index is 0.0240. The van der Waals surface area contributed by atoms with Gasteiger partial charge in [-0.3, -0.25) is 0 Å². The molecule has 14 heavy (non-hydrogen) atoms. The van der Waals surface area contributed by atoms with Gasteiger partial charge in [0, 0.05) is 4.88 Å². The molecule has 3 heteroatoms. The zero-order valence-corrected chi connectivity index (χ0v) is 9.90. The second-order valence-electron chi connectivity index (χ2n) is 4.44. The number of aromatic nitrogens is 1. The van der Waals surface area contributed by atoms with Crippen molar-refractivity contribution in [3.05, 3.63) is 15.6 Å². The Balaban J connectivity index is 3.05. The van der Waals surface area contributed by atoms with Crippen LogP contribution in [-0.2, 0) is 0 Å². The number of thiazole rings is 1. The molecule has 0 aromatic carbocycles. The molecule has 1 atom stereocenters. The molecule has 1 aromatic heterocycles. The number of rotatable bonds is 1. The summed E-state index contributed by atoms with van der Waals surface area (Å²) >= 11 is 1.60. The van der Waals surface area contributed by atoms with Gasteiger partial charge in [0.25, 0.3) is 0 Å². The molecule has 0 saturated heterocycles. The SMILES string of the molecule is C#Cc1nc(C(N)C(C)(C)C)sc1C. The Labute approximate surface area is 89.6 Å². The highest BCUT2D eigenvalue weighted by Crippen LogP contribution is 2.33. The van der Waals surface area contributed by atoms with Crippen molar-refractivity contribution in [3.8, 4) is 12.3 Å². The van der Waals surface area contributed by atoms with Crippen molar-refractivity contribution in [2.75, 3.05) is 0 Å². The smallest absolute Gasteiger partial charge is 0.127 e. The van der Waals surface area contributed by atoms with E-state index in [1.165, 1.54) is 0 Å². The maximum atomic E-state index is 6.09. The maximum Gasteiger partial charge on any atom is 0.127 e. The van der Waals surface area contributed by atoms with E-state index in [1.54, 1.807) is 11.3 Å². The number of hydrogen-bond donors (Lipinski definition) is 1. The summed E-state index contributed by atoms with van der Waals surface area (Å²) < 4.78 is 0. The van der Waals surface area contributed by atoms with Crippen LogP contribution in [-0.4, -0.2) is 4.98 Å². The van der Waals surface area contributed by atoms with E-state index in [0.29, 0.717) is 0 Å². The topological polar surface area (TPSA) is 38.9 Å². The summed E-state index contributed by atoms with van der Waals surface area (Å²) in [7, 11) is 0. The van der Waals surface area contributed by atoms with Crippen molar-refractivity contribution in [3.63, 3.8) is 0 Å². The molecule has 1 unspecified atom stereocenters. The molecule has 1 aromatic rings. The van der Waals surface area contributed by atoms with Crippen LogP contribution >= 0.6 is 11.3 Å². The molecule has 76 valence electrons. The predicted molar refractivity (Wildman–Crippen MR) is 61.2 cm³/mol. The molecule has 0 bridgehead atoms. The summed E-state index contributed by atoms with van der Waals surface area (Å²) in [4.78, 5) is 5.42. The van der Waals surface area contributed by atoms with Gasteiger partial charge < -0.3 is 5.73 Å². The van der Waals surface area contributed by atoms with E-state index in [1.807, 2.05) is 6.92 Å². The Morgan fingerprint density at radius 3 is 2.43 bits per heavy atom. The summed E-state index contributed by atoms with van der Waals surface area (Å²) in [5.41, 5.74) is 6.84. The lowest BCUT2D eigenvalue weighted by molar-refractivity contribution is 0.326. The van der Waals surface area contributed by atoms with Crippen molar-refractivity contribution in [2.45, 2.75) is 33.7 Å². The molecular weight excluding hydrogens is 192 g/mol. The third kappa shape index (κ3) is 2.14. The van der Waals surface area contributed by atoms with Crippen molar-refractivity contribution in [2.24, 2.45) is 11.1 Å². The summed E-state index contributed by atoms with van der Waals surface area (Å²) in [6.45, 7) is 8.28. The van der Waals surface area contributed by atoms with Gasteiger partial charge in [-0.1, -0.05) is 20.8 Å². The summed E-state index contributed by atoms with van der Waals surface area (Å²) in [6, 6.07) is -0.0479. The number of aryl methyl sites for hydroxylation is 1. The minimum atomic E-state index is -0.0479. The standard InChI is InChI=1S/C11H16N2S/c1-6-8-7(2)14-10(13-8)9(12)11(3,4)5/h1,9H,12H2,2-5H3. The van der Waals surface area contributed by atoms with Crippen molar-refractivity contribution in [1.82, 2.24) is 4.98 Å². The lowest BCUT2D eigenvalue weighted by Crippen LogP contribution is -2.26. The van der Waals surface area contributed by atoms with Gasteiger partial charge in [0.05, 0.1) is 6.04 Å². The lowest BCUT2D eigenvalue weighted by atomic mass is 9.88. The monoisotopic (exact) mass is 208 g/mol. The predicted octanol–water partition coefficient (Wildman–Crippen LogP) is 2.48. The molecule has 0 fully saturated rings. The summed E-state index contributed by atoms with van der Waals surface area (Å²) in [5.74, 6) is 2.57. The molecule has 2 nitrogen and oxygen atoms in total. The van der Waals surface area contributed by atoms with Crippen LogP contribution in [0.5, 0.6) is 0 Å². The van der Waals surface area contributed by atoms with Crippen LogP contribution in [0.2, 0.25) is 0 Å². The molecule has 0 aliphatic heterocycles. The summed E-state index contributed by atoms with van der Waals surface area (Å²) in [6.07, 6.45) is 5.33. The van der Waals surface area contributed by atoms with Gasteiger partial charge in [-0.2, -0.15) is 0 Å². The van der Waals surface area contributed by atoms with Crippen LogP contribution in [0.4, 0.5) is 0 Å². The van der Waals surface area contributed by atoms with E-state index < -0.39 is 0 Å². The van der Waals surface area contributed by atoms with Crippen LogP contribution in [0, 0.1) is 24.7 Å². The molecular formula is C11H16N2S. The number of hydrogen-bond acceptors (Lipinski definition) is 3. The van der Waals surface area contributed by atoms with E-state index in [4.69, 9.17) is 12.2 Å². The zero-order valence-electron chi connectivity index (χ0n) is 9.09. The van der Waals surface area contributed by atoms with Gasteiger partial charge in [0.2, 0.25) is 0 Å². The Kier molecular flexibility index (Phi) is 2.98. The summed E-state index contributed by atoms with van der Waals surface area (Å²) in [5, 5.41) is 0.933. The second kappa shape index (κ2) is 3.72. The number of nitrogens with two attached hydrogens (primary N) is 1. The van der Waals surface area contributed by atoms with E-state index in [9.17, 15) is 0 Å². The number of nitrogens with zero attached hydrogens (tertiary/aromatic N) is 1. The first-order valence-electron chi connectivity index (χ1n) is 4.55. The van der Waals surface area contributed by atoms with E-state index in [0.717, 1.165) is 15.6 Å². The van der Waals surface area contributed by atoms with E-state index in [2.05, 4.69) is 31.7 Å². The highest BCUT2D eigenvalue weighted by Gasteiger charge is 2.25. The third-order valence-corrected chi connectivity index (χ3v) is 3.20. The molecule has 0 saturated carbocycles. The Morgan fingerprint density at radius 1 is 1.50 bits per heavy atom.